The predicted octanol–water partition coefficient (Wildman–Crippen LogP) is 2.93. The highest BCUT2D eigenvalue weighted by Gasteiger charge is 2.58. The van der Waals surface area contributed by atoms with Crippen molar-refractivity contribution in [2.75, 3.05) is 6.54 Å². The van der Waals surface area contributed by atoms with Gasteiger partial charge in [-0.05, 0) is 55.9 Å². The Morgan fingerprint density at radius 2 is 2.25 bits per heavy atom. The molecular formula is C22H30N4O2. The van der Waals surface area contributed by atoms with Crippen LogP contribution in [-0.4, -0.2) is 44.3 Å². The lowest BCUT2D eigenvalue weighted by molar-refractivity contribution is -0.133. The Balaban J connectivity index is 1.38. The number of carbonyl (C=O) groups excluding carboxylic acids is 1. The van der Waals surface area contributed by atoms with Crippen molar-refractivity contribution >= 4 is 5.91 Å². The molecule has 2 aliphatic rings. The molecule has 0 radical (unpaired) electrons. The minimum absolute atomic E-state index is 0.212. The standard InChI is InChI=1S/C22H30N4O2/c1-2-22(21(28)23-10-4-12-25-13-5-11-24-25)15-18-8-9-20(22)26(18)16-17-6-3-7-19(27)14-17/h3,5-7,11,13-14,18,20,27H,2,4,8-10,12,15-16H2,1H3,(H,23,28)/t18-,20+,22+/m0/s1. The Hall–Kier alpha value is -2.34. The zero-order chi connectivity index (χ0) is 19.6. The molecule has 6 heteroatoms. The third-order valence-electron chi connectivity index (χ3n) is 6.65. The number of rotatable bonds is 8. The highest BCUT2D eigenvalue weighted by molar-refractivity contribution is 5.84. The van der Waals surface area contributed by atoms with Crippen LogP contribution in [0.1, 0.15) is 44.6 Å². The summed E-state index contributed by atoms with van der Waals surface area (Å²) in [5.74, 6) is 0.518. The van der Waals surface area contributed by atoms with E-state index in [-0.39, 0.29) is 17.4 Å². The van der Waals surface area contributed by atoms with Gasteiger partial charge in [-0.2, -0.15) is 5.10 Å². The van der Waals surface area contributed by atoms with Gasteiger partial charge in [0.2, 0.25) is 5.91 Å². The Labute approximate surface area is 166 Å². The molecule has 28 heavy (non-hydrogen) atoms. The average molecular weight is 383 g/mol. The molecule has 1 aromatic heterocycles. The zero-order valence-electron chi connectivity index (χ0n) is 16.6. The van der Waals surface area contributed by atoms with Crippen molar-refractivity contribution in [1.82, 2.24) is 20.0 Å². The normalized spacial score (nSPS) is 26.6. The summed E-state index contributed by atoms with van der Waals surface area (Å²) in [4.78, 5) is 15.7. The van der Waals surface area contributed by atoms with E-state index < -0.39 is 0 Å². The van der Waals surface area contributed by atoms with Crippen LogP contribution in [0, 0.1) is 5.41 Å². The van der Waals surface area contributed by atoms with Crippen LogP contribution in [0.5, 0.6) is 5.75 Å². The fourth-order valence-electron chi connectivity index (χ4n) is 5.25. The molecule has 6 nitrogen and oxygen atoms in total. The van der Waals surface area contributed by atoms with Crippen molar-refractivity contribution in [3.63, 3.8) is 0 Å². The Morgan fingerprint density at radius 3 is 3.00 bits per heavy atom. The quantitative estimate of drug-likeness (QED) is 0.689. The van der Waals surface area contributed by atoms with Crippen LogP contribution in [-0.2, 0) is 17.9 Å². The summed E-state index contributed by atoms with van der Waals surface area (Å²) < 4.78 is 1.90. The maximum Gasteiger partial charge on any atom is 0.227 e. The van der Waals surface area contributed by atoms with Crippen LogP contribution in [0.3, 0.4) is 0 Å². The largest absolute Gasteiger partial charge is 0.508 e. The van der Waals surface area contributed by atoms with Gasteiger partial charge in [-0.3, -0.25) is 14.4 Å². The summed E-state index contributed by atoms with van der Waals surface area (Å²) in [5, 5.41) is 17.2. The van der Waals surface area contributed by atoms with Crippen molar-refractivity contribution in [3.05, 3.63) is 48.3 Å². The predicted molar refractivity (Wildman–Crippen MR) is 108 cm³/mol. The summed E-state index contributed by atoms with van der Waals surface area (Å²) >= 11 is 0. The Morgan fingerprint density at radius 1 is 1.36 bits per heavy atom. The number of nitrogens with one attached hydrogen (secondary N) is 1. The summed E-state index contributed by atoms with van der Waals surface area (Å²) in [6, 6.07) is 10.2. The topological polar surface area (TPSA) is 70.4 Å². The molecule has 3 heterocycles. The Bertz CT molecular complexity index is 807. The van der Waals surface area contributed by atoms with E-state index in [4.69, 9.17) is 0 Å². The van der Waals surface area contributed by atoms with Crippen molar-refractivity contribution < 1.29 is 9.90 Å². The molecule has 150 valence electrons. The average Bonchev–Trinajstić information content (AvgIpc) is 3.41. The van der Waals surface area contributed by atoms with Gasteiger partial charge in [-0.25, -0.2) is 0 Å². The second-order valence-electron chi connectivity index (χ2n) is 8.18. The van der Waals surface area contributed by atoms with Crippen molar-refractivity contribution in [3.8, 4) is 5.75 Å². The second-order valence-corrected chi connectivity index (χ2v) is 8.18. The number of amides is 1. The monoisotopic (exact) mass is 382 g/mol. The lowest BCUT2D eigenvalue weighted by Gasteiger charge is -2.35. The zero-order valence-corrected chi connectivity index (χ0v) is 16.6. The molecule has 1 aromatic carbocycles. The molecule has 2 saturated heterocycles. The van der Waals surface area contributed by atoms with Crippen LogP contribution in [0.15, 0.2) is 42.7 Å². The van der Waals surface area contributed by atoms with Gasteiger partial charge >= 0.3 is 0 Å². The number of fused-ring (bicyclic) bond motifs is 2. The first kappa shape index (κ1) is 19.0. The minimum atomic E-state index is -0.286. The van der Waals surface area contributed by atoms with E-state index in [1.54, 1.807) is 12.3 Å². The SMILES string of the molecule is CC[C@@]1(C(=O)NCCCn2cccn2)C[C@@H]2CC[C@H]1N2Cc1cccc(O)c1. The molecule has 4 rings (SSSR count). The number of phenolic OH excluding ortho intramolecular Hbond substituents is 1. The number of benzene rings is 1. The van der Waals surface area contributed by atoms with Gasteiger partial charge in [0, 0.05) is 44.1 Å². The highest BCUT2D eigenvalue weighted by Crippen LogP contribution is 2.52. The first-order valence-corrected chi connectivity index (χ1v) is 10.4. The smallest absolute Gasteiger partial charge is 0.227 e. The van der Waals surface area contributed by atoms with Crippen molar-refractivity contribution in [1.29, 1.82) is 0 Å². The van der Waals surface area contributed by atoms with E-state index in [0.29, 0.717) is 18.3 Å². The van der Waals surface area contributed by atoms with Gasteiger partial charge in [-0.1, -0.05) is 19.1 Å². The van der Waals surface area contributed by atoms with Crippen LogP contribution >= 0.6 is 0 Å². The van der Waals surface area contributed by atoms with Crippen molar-refractivity contribution in [2.24, 2.45) is 5.41 Å². The number of aromatic nitrogens is 2. The van der Waals surface area contributed by atoms with Gasteiger partial charge in [0.05, 0.1) is 5.41 Å². The number of hydrogen-bond acceptors (Lipinski definition) is 4. The van der Waals surface area contributed by atoms with Crippen LogP contribution in [0.4, 0.5) is 0 Å². The molecule has 2 fully saturated rings. The molecule has 2 aromatic rings. The number of aromatic hydroxyl groups is 1. The lowest BCUT2D eigenvalue weighted by Crippen LogP contribution is -2.49. The first-order chi connectivity index (χ1) is 13.6. The van der Waals surface area contributed by atoms with E-state index in [1.165, 1.54) is 0 Å². The molecule has 0 spiro atoms. The van der Waals surface area contributed by atoms with E-state index >= 15 is 0 Å². The number of aryl methyl sites for hydroxylation is 1. The van der Waals surface area contributed by atoms with Gasteiger partial charge < -0.3 is 10.4 Å². The van der Waals surface area contributed by atoms with Crippen LogP contribution in [0.25, 0.3) is 0 Å². The van der Waals surface area contributed by atoms with Crippen LogP contribution < -0.4 is 5.32 Å². The highest BCUT2D eigenvalue weighted by atomic mass is 16.3. The number of hydrogen-bond donors (Lipinski definition) is 2. The lowest BCUT2D eigenvalue weighted by atomic mass is 9.71. The first-order valence-electron chi connectivity index (χ1n) is 10.4. The fourth-order valence-corrected chi connectivity index (χ4v) is 5.25. The Kier molecular flexibility index (Phi) is 5.40. The van der Waals surface area contributed by atoms with E-state index in [1.807, 2.05) is 29.1 Å². The molecular weight excluding hydrogens is 352 g/mol. The summed E-state index contributed by atoms with van der Waals surface area (Å²) in [6.07, 6.45) is 8.67. The maximum atomic E-state index is 13.2. The van der Waals surface area contributed by atoms with Crippen LogP contribution in [0.2, 0.25) is 0 Å². The van der Waals surface area contributed by atoms with E-state index in [9.17, 15) is 9.90 Å². The van der Waals surface area contributed by atoms with Gasteiger partial charge in [0.25, 0.3) is 0 Å². The molecule has 0 saturated carbocycles. The fraction of sp³-hybridized carbons (Fsp3) is 0.545. The maximum absolute atomic E-state index is 13.2. The molecule has 0 unspecified atom stereocenters. The molecule has 1 amide bonds. The molecule has 3 atom stereocenters. The minimum Gasteiger partial charge on any atom is -0.508 e. The molecule has 2 aliphatic heterocycles. The third kappa shape index (κ3) is 3.53. The second kappa shape index (κ2) is 7.95. The number of carbonyl (C=O) groups is 1. The molecule has 2 bridgehead atoms. The summed E-state index contributed by atoms with van der Waals surface area (Å²) in [5.41, 5.74) is 0.828. The van der Waals surface area contributed by atoms with Gasteiger partial charge in [0.1, 0.15) is 5.75 Å². The number of nitrogens with zero attached hydrogens (tertiary/aromatic N) is 3. The molecule has 0 aliphatic carbocycles. The van der Waals surface area contributed by atoms with Crippen molar-refractivity contribution in [2.45, 2.75) is 64.2 Å². The summed E-state index contributed by atoms with van der Waals surface area (Å²) in [6.45, 7) is 4.46. The summed E-state index contributed by atoms with van der Waals surface area (Å²) in [7, 11) is 0. The van der Waals surface area contributed by atoms with E-state index in [0.717, 1.165) is 50.8 Å². The third-order valence-corrected chi connectivity index (χ3v) is 6.65. The molecule has 2 N–H and O–H groups in total. The van der Waals surface area contributed by atoms with Gasteiger partial charge in [0.15, 0.2) is 0 Å². The van der Waals surface area contributed by atoms with E-state index in [2.05, 4.69) is 28.3 Å². The van der Waals surface area contributed by atoms with Gasteiger partial charge in [-0.15, -0.1) is 0 Å². The number of phenols is 1.